The molecule has 1 heterocycles. The zero-order chi connectivity index (χ0) is 23.8. The first-order chi connectivity index (χ1) is 15.6. The number of nitrogens with one attached hydrogen (secondary N) is 1. The monoisotopic (exact) mass is 494 g/mol. The van der Waals surface area contributed by atoms with E-state index in [1.807, 2.05) is 0 Å². The third-order valence-electron chi connectivity index (χ3n) is 6.15. The molecule has 1 amide bonds. The number of amides is 1. The fourth-order valence-electron chi connectivity index (χ4n) is 4.68. The second-order valence-electron chi connectivity index (χ2n) is 9.79. The van der Waals surface area contributed by atoms with Gasteiger partial charge in [-0.25, -0.2) is 8.78 Å². The molecule has 0 bridgehead atoms. The van der Waals surface area contributed by atoms with Crippen molar-refractivity contribution in [1.82, 2.24) is 9.62 Å². The zero-order valence-corrected chi connectivity index (χ0v) is 20.7. The Kier molecular flexibility index (Phi) is 7.22. The van der Waals surface area contributed by atoms with Gasteiger partial charge in [0, 0.05) is 37.0 Å². The largest absolute Gasteiger partial charge is 0.489 e. The van der Waals surface area contributed by atoms with Crippen molar-refractivity contribution in [3.05, 3.63) is 63.7 Å². The maximum absolute atomic E-state index is 14.8. The summed E-state index contributed by atoms with van der Waals surface area (Å²) in [5.74, 6) is -0.542. The molecule has 1 aliphatic heterocycles. The third kappa shape index (κ3) is 6.00. The molecule has 2 aromatic carbocycles. The van der Waals surface area contributed by atoms with Gasteiger partial charge in [0.2, 0.25) is 0 Å². The second-order valence-corrected chi connectivity index (χ2v) is 10.8. The molecule has 0 spiro atoms. The van der Waals surface area contributed by atoms with Gasteiger partial charge in [0.05, 0.1) is 5.56 Å². The molecule has 8 heteroatoms. The number of ether oxygens (including phenoxy) is 1. The van der Waals surface area contributed by atoms with Crippen LogP contribution in [0.15, 0.2) is 30.3 Å². The van der Waals surface area contributed by atoms with Crippen LogP contribution < -0.4 is 9.46 Å². The molecular formula is C25H29ClF2N2O2S. The molecule has 0 radical (unpaired) electrons. The first kappa shape index (κ1) is 24.3. The van der Waals surface area contributed by atoms with Crippen LogP contribution in [-0.4, -0.2) is 36.3 Å². The quantitative estimate of drug-likeness (QED) is 0.466. The molecule has 2 aromatic rings. The number of rotatable bonds is 7. The summed E-state index contributed by atoms with van der Waals surface area (Å²) in [6.07, 6.45) is 4.43. The van der Waals surface area contributed by atoms with Gasteiger partial charge in [0.1, 0.15) is 23.5 Å². The van der Waals surface area contributed by atoms with Gasteiger partial charge in [-0.05, 0) is 59.9 Å². The van der Waals surface area contributed by atoms with Crippen molar-refractivity contribution in [2.24, 2.45) is 5.41 Å². The lowest BCUT2D eigenvalue weighted by Gasteiger charge is -2.42. The highest BCUT2D eigenvalue weighted by Crippen LogP contribution is 2.46. The Bertz CT molecular complexity index is 1050. The maximum Gasteiger partial charge on any atom is 0.264 e. The van der Waals surface area contributed by atoms with E-state index >= 15 is 0 Å². The number of halogens is 3. The fraction of sp³-hybridized carbons (Fsp3) is 0.480. The standard InChI is InChI=1S/C25H29ClF2N2O2S/c1-25(2)11-18(13-30(14-25)12-16-6-7-17(27)8-21(16)26)32-23-10-22(28)20(24(31)29-33-3)9-19(23)15-4-5-15/h6-10,15,18H,4-5,11-14H2,1-3H3,(H,29,31). The summed E-state index contributed by atoms with van der Waals surface area (Å²) in [5, 5.41) is 0.410. The summed E-state index contributed by atoms with van der Waals surface area (Å²) in [5.41, 5.74) is 1.80. The predicted octanol–water partition coefficient (Wildman–Crippen LogP) is 6.18. The molecule has 0 aromatic heterocycles. The predicted molar refractivity (Wildman–Crippen MR) is 129 cm³/mol. The Hall–Kier alpha value is -1.83. The fourth-order valence-corrected chi connectivity index (χ4v) is 5.20. The lowest BCUT2D eigenvalue weighted by Crippen LogP contribution is -2.48. The number of likely N-dealkylation sites (tertiary alicyclic amines) is 1. The number of hydrogen-bond donors (Lipinski definition) is 1. The molecule has 33 heavy (non-hydrogen) atoms. The van der Waals surface area contributed by atoms with E-state index in [0.717, 1.165) is 48.9 Å². The van der Waals surface area contributed by atoms with Gasteiger partial charge in [0.15, 0.2) is 0 Å². The first-order valence-corrected chi connectivity index (χ1v) is 12.7. The maximum atomic E-state index is 14.8. The minimum absolute atomic E-state index is 0.0219. The number of carbonyl (C=O) groups excluding carboxylic acids is 1. The van der Waals surface area contributed by atoms with Gasteiger partial charge in [-0.2, -0.15) is 0 Å². The SMILES string of the molecule is CSNC(=O)c1cc(C2CC2)c(OC2CN(Cc3ccc(F)cc3Cl)CC(C)(C)C2)cc1F. The minimum Gasteiger partial charge on any atom is -0.489 e. The van der Waals surface area contributed by atoms with Crippen LogP contribution in [0.5, 0.6) is 5.75 Å². The molecule has 2 fully saturated rings. The van der Waals surface area contributed by atoms with Gasteiger partial charge < -0.3 is 4.74 Å². The Balaban J connectivity index is 1.55. The Labute approximate surface area is 203 Å². The van der Waals surface area contributed by atoms with Gasteiger partial charge >= 0.3 is 0 Å². The van der Waals surface area contributed by atoms with Crippen LogP contribution in [-0.2, 0) is 6.54 Å². The van der Waals surface area contributed by atoms with Crippen molar-refractivity contribution in [2.45, 2.75) is 51.7 Å². The van der Waals surface area contributed by atoms with Crippen LogP contribution in [0, 0.1) is 17.0 Å². The molecule has 1 unspecified atom stereocenters. The summed E-state index contributed by atoms with van der Waals surface area (Å²) >= 11 is 7.40. The van der Waals surface area contributed by atoms with Crippen LogP contribution in [0.3, 0.4) is 0 Å². The number of carbonyl (C=O) groups is 1. The summed E-state index contributed by atoms with van der Waals surface area (Å²) in [6, 6.07) is 7.49. The molecule has 1 N–H and O–H groups in total. The summed E-state index contributed by atoms with van der Waals surface area (Å²) in [4.78, 5) is 14.5. The second kappa shape index (κ2) is 9.80. The molecule has 1 atom stereocenters. The lowest BCUT2D eigenvalue weighted by atomic mass is 9.82. The molecule has 4 nitrogen and oxygen atoms in total. The smallest absolute Gasteiger partial charge is 0.264 e. The Morgan fingerprint density at radius 3 is 2.70 bits per heavy atom. The normalized spacial score (nSPS) is 20.5. The van der Waals surface area contributed by atoms with Gasteiger partial charge in [-0.15, -0.1) is 0 Å². The highest BCUT2D eigenvalue weighted by atomic mass is 35.5. The number of piperidine rings is 1. The molecule has 178 valence electrons. The van der Waals surface area contributed by atoms with E-state index in [-0.39, 0.29) is 22.9 Å². The van der Waals surface area contributed by atoms with Gasteiger partial charge in [0.25, 0.3) is 5.91 Å². The molecule has 1 saturated heterocycles. The first-order valence-electron chi connectivity index (χ1n) is 11.1. The van der Waals surface area contributed by atoms with Crippen LogP contribution >= 0.6 is 23.5 Å². The summed E-state index contributed by atoms with van der Waals surface area (Å²) in [7, 11) is 0. The average Bonchev–Trinajstić information content (AvgIpc) is 3.54. The van der Waals surface area contributed by atoms with Crippen LogP contribution in [0.4, 0.5) is 8.78 Å². The highest BCUT2D eigenvalue weighted by molar-refractivity contribution is 7.97. The molecule has 1 aliphatic carbocycles. The topological polar surface area (TPSA) is 41.6 Å². The van der Waals surface area contributed by atoms with Crippen LogP contribution in [0.1, 0.15) is 60.5 Å². The van der Waals surface area contributed by atoms with Crippen molar-refractivity contribution in [2.75, 3.05) is 19.3 Å². The van der Waals surface area contributed by atoms with E-state index in [9.17, 15) is 13.6 Å². The van der Waals surface area contributed by atoms with Crippen molar-refractivity contribution in [1.29, 1.82) is 0 Å². The Morgan fingerprint density at radius 2 is 2.03 bits per heavy atom. The highest BCUT2D eigenvalue weighted by Gasteiger charge is 2.36. The van der Waals surface area contributed by atoms with Crippen molar-refractivity contribution >= 4 is 29.5 Å². The van der Waals surface area contributed by atoms with E-state index in [2.05, 4.69) is 23.5 Å². The summed E-state index contributed by atoms with van der Waals surface area (Å²) < 4.78 is 37.3. The van der Waals surface area contributed by atoms with Gasteiger partial charge in [-0.3, -0.25) is 14.4 Å². The lowest BCUT2D eigenvalue weighted by molar-refractivity contribution is 0.0155. The van der Waals surface area contributed by atoms with E-state index in [1.54, 1.807) is 18.4 Å². The summed E-state index contributed by atoms with van der Waals surface area (Å²) in [6.45, 7) is 6.44. The average molecular weight is 495 g/mol. The zero-order valence-electron chi connectivity index (χ0n) is 19.1. The number of nitrogens with zero attached hydrogens (tertiary/aromatic N) is 1. The number of benzene rings is 2. The van der Waals surface area contributed by atoms with Crippen LogP contribution in [0.2, 0.25) is 5.02 Å². The molecule has 2 aliphatic rings. The van der Waals surface area contributed by atoms with Gasteiger partial charge in [-0.1, -0.05) is 43.5 Å². The van der Waals surface area contributed by atoms with Crippen molar-refractivity contribution < 1.29 is 18.3 Å². The third-order valence-corrected chi connectivity index (χ3v) is 6.89. The Morgan fingerprint density at radius 1 is 1.27 bits per heavy atom. The van der Waals surface area contributed by atoms with E-state index < -0.39 is 11.7 Å². The van der Waals surface area contributed by atoms with E-state index in [1.165, 1.54) is 18.2 Å². The van der Waals surface area contributed by atoms with Crippen molar-refractivity contribution in [3.8, 4) is 5.75 Å². The van der Waals surface area contributed by atoms with E-state index in [0.29, 0.717) is 29.8 Å². The minimum atomic E-state index is -0.578. The molecular weight excluding hydrogens is 466 g/mol. The van der Waals surface area contributed by atoms with E-state index in [4.69, 9.17) is 16.3 Å². The van der Waals surface area contributed by atoms with Crippen molar-refractivity contribution in [3.63, 3.8) is 0 Å². The van der Waals surface area contributed by atoms with Crippen LogP contribution in [0.25, 0.3) is 0 Å². The molecule has 4 rings (SSSR count). The molecule has 1 saturated carbocycles. The number of hydrogen-bond acceptors (Lipinski definition) is 4.